The number of nitrogens with two attached hydrogens (primary N) is 1. The summed E-state index contributed by atoms with van der Waals surface area (Å²) in [6.07, 6.45) is 1.39. The van der Waals surface area contributed by atoms with Crippen molar-refractivity contribution in [2.75, 3.05) is 10.5 Å². The molecular weight excluding hydrogens is 349 g/mol. The number of pyridine rings is 1. The first-order valence-electron chi connectivity index (χ1n) is 5.49. The SMILES string of the molecule is Cc1cc(F)cc(NS(=O)(=O)c2cc(Br)cnc2N)c1. The molecule has 0 atom stereocenters. The molecule has 0 saturated heterocycles. The molecule has 0 unspecified atom stereocenters. The van der Waals surface area contributed by atoms with E-state index in [0.717, 1.165) is 6.07 Å². The fourth-order valence-corrected chi connectivity index (χ4v) is 3.28. The molecule has 0 radical (unpaired) electrons. The second-order valence-electron chi connectivity index (χ2n) is 4.16. The molecule has 1 aromatic heterocycles. The molecule has 0 bridgehead atoms. The van der Waals surface area contributed by atoms with Gasteiger partial charge in [-0.1, -0.05) is 0 Å². The summed E-state index contributed by atoms with van der Waals surface area (Å²) in [5.74, 6) is -0.656. The lowest BCUT2D eigenvalue weighted by atomic mass is 10.2. The second kappa shape index (κ2) is 5.37. The van der Waals surface area contributed by atoms with Gasteiger partial charge in [0.1, 0.15) is 16.5 Å². The van der Waals surface area contributed by atoms with Gasteiger partial charge < -0.3 is 5.73 Å². The van der Waals surface area contributed by atoms with Crippen molar-refractivity contribution in [3.05, 3.63) is 46.3 Å². The number of anilines is 2. The van der Waals surface area contributed by atoms with E-state index in [1.807, 2.05) is 0 Å². The first-order valence-corrected chi connectivity index (χ1v) is 7.76. The lowest BCUT2D eigenvalue weighted by Gasteiger charge is -2.10. The number of benzene rings is 1. The topological polar surface area (TPSA) is 85.1 Å². The molecule has 0 saturated carbocycles. The summed E-state index contributed by atoms with van der Waals surface area (Å²) in [4.78, 5) is 3.59. The third kappa shape index (κ3) is 3.26. The van der Waals surface area contributed by atoms with Crippen molar-refractivity contribution in [2.24, 2.45) is 0 Å². The number of rotatable bonds is 3. The number of nitrogens with one attached hydrogen (secondary N) is 1. The van der Waals surface area contributed by atoms with Crippen LogP contribution in [0.4, 0.5) is 15.9 Å². The zero-order valence-corrected chi connectivity index (χ0v) is 12.8. The van der Waals surface area contributed by atoms with Crippen molar-refractivity contribution in [2.45, 2.75) is 11.8 Å². The molecule has 0 fully saturated rings. The monoisotopic (exact) mass is 359 g/mol. The van der Waals surface area contributed by atoms with Crippen LogP contribution in [-0.4, -0.2) is 13.4 Å². The fraction of sp³-hybridized carbons (Fsp3) is 0.0833. The lowest BCUT2D eigenvalue weighted by molar-refractivity contribution is 0.601. The van der Waals surface area contributed by atoms with Crippen LogP contribution in [-0.2, 0) is 10.0 Å². The molecule has 0 aliphatic heterocycles. The van der Waals surface area contributed by atoms with E-state index in [4.69, 9.17) is 5.73 Å². The van der Waals surface area contributed by atoms with Crippen molar-refractivity contribution in [3.8, 4) is 0 Å². The maximum atomic E-state index is 13.3. The Kier molecular flexibility index (Phi) is 3.96. The average molecular weight is 360 g/mol. The summed E-state index contributed by atoms with van der Waals surface area (Å²) >= 11 is 3.13. The molecule has 2 rings (SSSR count). The van der Waals surface area contributed by atoms with E-state index in [2.05, 4.69) is 25.6 Å². The number of aromatic nitrogens is 1. The summed E-state index contributed by atoms with van der Waals surface area (Å²) in [7, 11) is -3.93. The summed E-state index contributed by atoms with van der Waals surface area (Å²) in [5.41, 5.74) is 6.29. The maximum absolute atomic E-state index is 13.3. The first kappa shape index (κ1) is 14.7. The molecule has 0 aliphatic carbocycles. The van der Waals surface area contributed by atoms with Gasteiger partial charge in [-0.15, -0.1) is 0 Å². The Morgan fingerprint density at radius 2 is 2.00 bits per heavy atom. The van der Waals surface area contributed by atoms with E-state index in [9.17, 15) is 12.8 Å². The number of nitrogens with zero attached hydrogens (tertiary/aromatic N) is 1. The minimum atomic E-state index is -3.93. The predicted octanol–water partition coefficient (Wildman–Crippen LogP) is 2.67. The van der Waals surface area contributed by atoms with E-state index in [-0.39, 0.29) is 16.4 Å². The van der Waals surface area contributed by atoms with Crippen LogP contribution >= 0.6 is 15.9 Å². The average Bonchev–Trinajstić information content (AvgIpc) is 2.30. The number of hydrogen-bond acceptors (Lipinski definition) is 4. The normalized spacial score (nSPS) is 11.3. The van der Waals surface area contributed by atoms with Crippen LogP contribution in [0.2, 0.25) is 0 Å². The zero-order valence-electron chi connectivity index (χ0n) is 10.4. The lowest BCUT2D eigenvalue weighted by Crippen LogP contribution is -2.15. The van der Waals surface area contributed by atoms with Crippen LogP contribution < -0.4 is 10.5 Å². The van der Waals surface area contributed by atoms with Crippen molar-refractivity contribution < 1.29 is 12.8 Å². The molecule has 20 heavy (non-hydrogen) atoms. The number of sulfonamides is 1. The van der Waals surface area contributed by atoms with Gasteiger partial charge in [-0.05, 0) is 52.7 Å². The molecule has 8 heteroatoms. The van der Waals surface area contributed by atoms with Gasteiger partial charge in [-0.25, -0.2) is 17.8 Å². The van der Waals surface area contributed by atoms with E-state index in [1.165, 1.54) is 24.4 Å². The molecule has 0 spiro atoms. The Hall–Kier alpha value is -1.67. The highest BCUT2D eigenvalue weighted by Gasteiger charge is 2.19. The Morgan fingerprint density at radius 3 is 2.65 bits per heavy atom. The summed E-state index contributed by atoms with van der Waals surface area (Å²) < 4.78 is 40.5. The van der Waals surface area contributed by atoms with Crippen molar-refractivity contribution >= 4 is 37.5 Å². The number of nitrogen functional groups attached to an aromatic ring is 1. The Bertz CT molecular complexity index is 745. The van der Waals surface area contributed by atoms with Crippen LogP contribution in [0.5, 0.6) is 0 Å². The first-order chi connectivity index (χ1) is 9.28. The predicted molar refractivity (Wildman–Crippen MR) is 78.3 cm³/mol. The third-order valence-electron chi connectivity index (χ3n) is 2.43. The van der Waals surface area contributed by atoms with Gasteiger partial charge in [0.2, 0.25) is 0 Å². The number of halogens is 2. The highest BCUT2D eigenvalue weighted by Crippen LogP contribution is 2.24. The van der Waals surface area contributed by atoms with Gasteiger partial charge in [-0.3, -0.25) is 4.72 Å². The zero-order chi connectivity index (χ0) is 14.9. The molecule has 5 nitrogen and oxygen atoms in total. The Balaban J connectivity index is 2.43. The largest absolute Gasteiger partial charge is 0.383 e. The molecule has 2 aromatic rings. The summed E-state index contributed by atoms with van der Waals surface area (Å²) in [5, 5.41) is 0. The number of hydrogen-bond donors (Lipinski definition) is 2. The molecule has 0 aliphatic rings. The minimum Gasteiger partial charge on any atom is -0.383 e. The van der Waals surface area contributed by atoms with Crippen molar-refractivity contribution in [1.29, 1.82) is 0 Å². The molecular formula is C12H11BrFN3O2S. The van der Waals surface area contributed by atoms with Crippen LogP contribution in [0.25, 0.3) is 0 Å². The second-order valence-corrected chi connectivity index (χ2v) is 6.73. The van der Waals surface area contributed by atoms with E-state index in [1.54, 1.807) is 6.92 Å². The van der Waals surface area contributed by atoms with Gasteiger partial charge in [0, 0.05) is 10.7 Å². The highest BCUT2D eigenvalue weighted by molar-refractivity contribution is 9.10. The van der Waals surface area contributed by atoms with Gasteiger partial charge in [0.25, 0.3) is 10.0 Å². The van der Waals surface area contributed by atoms with Gasteiger partial charge in [0.05, 0.1) is 5.69 Å². The van der Waals surface area contributed by atoms with E-state index < -0.39 is 15.8 Å². The quantitative estimate of drug-likeness (QED) is 0.881. The Morgan fingerprint density at radius 1 is 1.30 bits per heavy atom. The van der Waals surface area contributed by atoms with Crippen LogP contribution in [0, 0.1) is 12.7 Å². The molecule has 1 heterocycles. The van der Waals surface area contributed by atoms with Crippen LogP contribution in [0.1, 0.15) is 5.56 Å². The number of aryl methyl sites for hydroxylation is 1. The highest BCUT2D eigenvalue weighted by atomic mass is 79.9. The third-order valence-corrected chi connectivity index (χ3v) is 4.28. The van der Waals surface area contributed by atoms with Crippen molar-refractivity contribution in [1.82, 2.24) is 4.98 Å². The molecule has 0 amide bonds. The fourth-order valence-electron chi connectivity index (χ4n) is 1.65. The minimum absolute atomic E-state index is 0.127. The van der Waals surface area contributed by atoms with Crippen LogP contribution in [0.15, 0.2) is 39.8 Å². The molecule has 1 aromatic carbocycles. The smallest absolute Gasteiger partial charge is 0.265 e. The van der Waals surface area contributed by atoms with Gasteiger partial charge in [-0.2, -0.15) is 0 Å². The summed E-state index contributed by atoms with van der Waals surface area (Å²) in [6, 6.07) is 5.23. The van der Waals surface area contributed by atoms with Gasteiger partial charge in [0.15, 0.2) is 0 Å². The van der Waals surface area contributed by atoms with E-state index >= 15 is 0 Å². The Labute approximate surface area is 124 Å². The van der Waals surface area contributed by atoms with Crippen molar-refractivity contribution in [3.63, 3.8) is 0 Å². The van der Waals surface area contributed by atoms with Gasteiger partial charge >= 0.3 is 0 Å². The summed E-state index contributed by atoms with van der Waals surface area (Å²) in [6.45, 7) is 1.66. The van der Waals surface area contributed by atoms with Crippen LogP contribution in [0.3, 0.4) is 0 Å². The maximum Gasteiger partial charge on any atom is 0.265 e. The molecule has 3 N–H and O–H groups in total. The molecule has 106 valence electrons. The standard InChI is InChI=1S/C12H11BrFN3O2S/c1-7-2-9(14)5-10(3-7)17-20(18,19)11-4-8(13)6-16-12(11)15/h2-6,17H,1H3,(H2,15,16). The van der Waals surface area contributed by atoms with E-state index in [0.29, 0.717) is 10.0 Å².